The van der Waals surface area contributed by atoms with Gasteiger partial charge in [0.05, 0.1) is 0 Å². The molecule has 0 amide bonds. The summed E-state index contributed by atoms with van der Waals surface area (Å²) in [4.78, 5) is 5.44. The molecule has 3 heteroatoms. The molecule has 1 aliphatic heterocycles. The summed E-state index contributed by atoms with van der Waals surface area (Å²) in [5.41, 5.74) is 0. The molecule has 1 saturated carbocycles. The molecule has 2 rings (SSSR count). The van der Waals surface area contributed by atoms with Gasteiger partial charge in [0, 0.05) is 38.3 Å². The zero-order valence-electron chi connectivity index (χ0n) is 14.8. The summed E-state index contributed by atoms with van der Waals surface area (Å²) in [6.45, 7) is 17.0. The molecule has 0 aromatic rings. The molecule has 0 aromatic carbocycles. The van der Waals surface area contributed by atoms with Crippen LogP contribution in [0.5, 0.6) is 0 Å². The second-order valence-corrected chi connectivity index (χ2v) is 7.48. The van der Waals surface area contributed by atoms with Gasteiger partial charge in [-0.2, -0.15) is 0 Å². The van der Waals surface area contributed by atoms with Crippen LogP contribution in [0.1, 0.15) is 53.4 Å². The lowest BCUT2D eigenvalue weighted by Gasteiger charge is -2.48. The van der Waals surface area contributed by atoms with Gasteiger partial charge in [0.2, 0.25) is 0 Å². The Labute approximate surface area is 132 Å². The van der Waals surface area contributed by atoms with Crippen LogP contribution in [0.15, 0.2) is 0 Å². The van der Waals surface area contributed by atoms with Crippen LogP contribution in [-0.4, -0.2) is 61.2 Å². The van der Waals surface area contributed by atoms with E-state index in [-0.39, 0.29) is 0 Å². The summed E-state index contributed by atoms with van der Waals surface area (Å²) < 4.78 is 0. The molecule has 21 heavy (non-hydrogen) atoms. The minimum Gasteiger partial charge on any atom is -0.312 e. The molecule has 0 aromatic heterocycles. The molecule has 2 aliphatic rings. The van der Waals surface area contributed by atoms with Gasteiger partial charge in [-0.15, -0.1) is 0 Å². The monoisotopic (exact) mass is 295 g/mol. The maximum Gasteiger partial charge on any atom is 0.0276 e. The van der Waals surface area contributed by atoms with Crippen molar-refractivity contribution in [3.05, 3.63) is 0 Å². The predicted octanol–water partition coefficient (Wildman–Crippen LogP) is 2.82. The fourth-order valence-electron chi connectivity index (χ4n) is 4.59. The number of nitrogens with zero attached hydrogens (tertiary/aromatic N) is 2. The third kappa shape index (κ3) is 4.67. The summed E-state index contributed by atoms with van der Waals surface area (Å²) in [6.07, 6.45) is 5.31. The van der Waals surface area contributed by atoms with Gasteiger partial charge in [-0.05, 0) is 50.6 Å². The Bertz CT molecular complexity index is 286. The number of nitrogens with one attached hydrogen (secondary N) is 1. The van der Waals surface area contributed by atoms with E-state index in [1.54, 1.807) is 0 Å². The van der Waals surface area contributed by atoms with E-state index in [1.807, 2.05) is 0 Å². The topological polar surface area (TPSA) is 18.5 Å². The maximum absolute atomic E-state index is 3.86. The van der Waals surface area contributed by atoms with Crippen molar-refractivity contribution in [2.24, 2.45) is 11.8 Å². The number of hydrogen-bond acceptors (Lipinski definition) is 3. The van der Waals surface area contributed by atoms with Crippen molar-refractivity contribution in [1.82, 2.24) is 15.1 Å². The quantitative estimate of drug-likeness (QED) is 0.813. The lowest BCUT2D eigenvalue weighted by atomic mass is 9.75. The van der Waals surface area contributed by atoms with E-state index in [4.69, 9.17) is 0 Å². The molecular weight excluding hydrogens is 258 g/mol. The summed E-state index contributed by atoms with van der Waals surface area (Å²) in [7, 11) is 0. The van der Waals surface area contributed by atoms with Crippen LogP contribution in [0.3, 0.4) is 0 Å². The second kappa shape index (κ2) is 8.50. The van der Waals surface area contributed by atoms with Crippen molar-refractivity contribution in [2.45, 2.75) is 65.5 Å². The van der Waals surface area contributed by atoms with E-state index in [9.17, 15) is 0 Å². The molecule has 1 aliphatic carbocycles. The van der Waals surface area contributed by atoms with E-state index in [2.05, 4.69) is 42.8 Å². The molecule has 0 spiro atoms. The Morgan fingerprint density at radius 2 is 1.67 bits per heavy atom. The van der Waals surface area contributed by atoms with Gasteiger partial charge < -0.3 is 10.2 Å². The largest absolute Gasteiger partial charge is 0.312 e. The highest BCUT2D eigenvalue weighted by Crippen LogP contribution is 2.33. The number of piperazine rings is 1. The van der Waals surface area contributed by atoms with Crippen LogP contribution in [-0.2, 0) is 0 Å². The van der Waals surface area contributed by atoms with Crippen molar-refractivity contribution in [2.75, 3.05) is 39.3 Å². The number of rotatable bonds is 6. The van der Waals surface area contributed by atoms with Gasteiger partial charge >= 0.3 is 0 Å². The molecule has 124 valence electrons. The summed E-state index contributed by atoms with van der Waals surface area (Å²) >= 11 is 0. The van der Waals surface area contributed by atoms with Crippen LogP contribution < -0.4 is 5.32 Å². The first-order valence-electron chi connectivity index (χ1n) is 9.35. The Kier molecular flexibility index (Phi) is 6.97. The van der Waals surface area contributed by atoms with E-state index >= 15 is 0 Å². The first kappa shape index (κ1) is 17.2. The fraction of sp³-hybridized carbons (Fsp3) is 1.00. The molecule has 3 nitrogen and oxygen atoms in total. The standard InChI is InChI=1S/C18H37N3/c1-5-7-19-17-14-15(3)13-16(4)18(17)21-11-9-20(8-6-2)10-12-21/h15-19H,5-14H2,1-4H3. The van der Waals surface area contributed by atoms with Gasteiger partial charge in [-0.1, -0.05) is 27.7 Å². The Hall–Kier alpha value is -0.120. The zero-order chi connectivity index (χ0) is 15.2. The molecule has 1 saturated heterocycles. The predicted molar refractivity (Wildman–Crippen MR) is 91.7 cm³/mol. The van der Waals surface area contributed by atoms with Crippen LogP contribution in [0.25, 0.3) is 0 Å². The van der Waals surface area contributed by atoms with E-state index in [0.717, 1.165) is 17.9 Å². The average Bonchev–Trinajstić information content (AvgIpc) is 2.46. The van der Waals surface area contributed by atoms with E-state index in [0.29, 0.717) is 6.04 Å². The van der Waals surface area contributed by atoms with Gasteiger partial charge in [-0.3, -0.25) is 4.90 Å². The summed E-state index contributed by atoms with van der Waals surface area (Å²) in [6, 6.07) is 1.47. The van der Waals surface area contributed by atoms with Crippen LogP contribution in [0.4, 0.5) is 0 Å². The minimum atomic E-state index is 0.710. The van der Waals surface area contributed by atoms with E-state index in [1.165, 1.54) is 65.0 Å². The highest BCUT2D eigenvalue weighted by molar-refractivity contribution is 4.95. The van der Waals surface area contributed by atoms with Crippen molar-refractivity contribution >= 4 is 0 Å². The first-order valence-corrected chi connectivity index (χ1v) is 9.35. The molecule has 4 unspecified atom stereocenters. The van der Waals surface area contributed by atoms with Gasteiger partial charge in [0.25, 0.3) is 0 Å². The van der Waals surface area contributed by atoms with Crippen molar-refractivity contribution < 1.29 is 0 Å². The first-order chi connectivity index (χ1) is 10.2. The lowest BCUT2D eigenvalue weighted by Crippen LogP contribution is -2.60. The molecular formula is C18H37N3. The molecule has 0 radical (unpaired) electrons. The average molecular weight is 296 g/mol. The van der Waals surface area contributed by atoms with Gasteiger partial charge in [-0.25, -0.2) is 0 Å². The Morgan fingerprint density at radius 3 is 2.29 bits per heavy atom. The molecule has 4 atom stereocenters. The molecule has 0 bridgehead atoms. The summed E-state index contributed by atoms with van der Waals surface area (Å²) in [5, 5.41) is 3.86. The second-order valence-electron chi connectivity index (χ2n) is 7.48. The van der Waals surface area contributed by atoms with Crippen LogP contribution in [0, 0.1) is 11.8 Å². The van der Waals surface area contributed by atoms with Crippen LogP contribution >= 0.6 is 0 Å². The smallest absolute Gasteiger partial charge is 0.0276 e. The SMILES string of the molecule is CCCNC1CC(C)CC(C)C1N1CCN(CCC)CC1. The summed E-state index contributed by atoms with van der Waals surface area (Å²) in [5.74, 6) is 1.72. The highest BCUT2D eigenvalue weighted by Gasteiger charge is 2.38. The normalized spacial score (nSPS) is 36.0. The van der Waals surface area contributed by atoms with Crippen molar-refractivity contribution in [3.8, 4) is 0 Å². The fourth-order valence-corrected chi connectivity index (χ4v) is 4.59. The highest BCUT2D eigenvalue weighted by atomic mass is 15.3. The molecule has 1 N–H and O–H groups in total. The van der Waals surface area contributed by atoms with Crippen LogP contribution in [0.2, 0.25) is 0 Å². The third-order valence-electron chi connectivity index (χ3n) is 5.45. The zero-order valence-corrected chi connectivity index (χ0v) is 14.8. The lowest BCUT2D eigenvalue weighted by molar-refractivity contribution is 0.0238. The van der Waals surface area contributed by atoms with Gasteiger partial charge in [0.1, 0.15) is 0 Å². The minimum absolute atomic E-state index is 0.710. The third-order valence-corrected chi connectivity index (χ3v) is 5.45. The maximum atomic E-state index is 3.86. The van der Waals surface area contributed by atoms with Crippen molar-refractivity contribution in [3.63, 3.8) is 0 Å². The molecule has 1 heterocycles. The molecule has 2 fully saturated rings. The van der Waals surface area contributed by atoms with E-state index < -0.39 is 0 Å². The Balaban J connectivity index is 1.94. The number of hydrogen-bond donors (Lipinski definition) is 1. The van der Waals surface area contributed by atoms with Gasteiger partial charge in [0.15, 0.2) is 0 Å². The van der Waals surface area contributed by atoms with Crippen molar-refractivity contribution in [1.29, 1.82) is 0 Å². The Morgan fingerprint density at radius 1 is 0.952 bits per heavy atom.